The number of carbonyl (C=O) groups is 2. The molecule has 1 aliphatic heterocycles. The highest BCUT2D eigenvalue weighted by molar-refractivity contribution is 5.89. The molecule has 0 aromatic rings. The number of aliphatic hydroxyl groups is 1. The first-order valence-corrected chi connectivity index (χ1v) is 7.26. The molecule has 0 radical (unpaired) electrons. The average molecular weight is 284 g/mol. The third-order valence-electron chi connectivity index (χ3n) is 4.14. The van der Waals surface area contributed by atoms with Crippen LogP contribution in [0.4, 0.5) is 0 Å². The number of carbonyl (C=O) groups excluding carboxylic acids is 2. The van der Waals surface area contributed by atoms with E-state index in [4.69, 9.17) is 0 Å². The van der Waals surface area contributed by atoms with Crippen molar-refractivity contribution in [2.45, 2.75) is 59.1 Å². The number of rotatable bonds is 5. The van der Waals surface area contributed by atoms with Gasteiger partial charge in [0.25, 0.3) is 0 Å². The Kier molecular flexibility index (Phi) is 4.85. The average Bonchev–Trinajstić information content (AvgIpc) is 2.57. The summed E-state index contributed by atoms with van der Waals surface area (Å²) in [7, 11) is 0. The number of amides is 2. The van der Waals surface area contributed by atoms with Gasteiger partial charge < -0.3 is 15.3 Å². The van der Waals surface area contributed by atoms with E-state index in [0.717, 1.165) is 0 Å². The van der Waals surface area contributed by atoms with Crippen LogP contribution in [-0.2, 0) is 9.59 Å². The Morgan fingerprint density at radius 2 is 1.95 bits per heavy atom. The minimum absolute atomic E-state index is 0.0416. The predicted molar refractivity (Wildman–Crippen MR) is 78.0 cm³/mol. The van der Waals surface area contributed by atoms with Crippen LogP contribution in [0.3, 0.4) is 0 Å². The first-order valence-electron chi connectivity index (χ1n) is 7.26. The third-order valence-corrected chi connectivity index (χ3v) is 4.14. The zero-order valence-corrected chi connectivity index (χ0v) is 13.5. The van der Waals surface area contributed by atoms with Gasteiger partial charge in [0.15, 0.2) is 0 Å². The first kappa shape index (κ1) is 17.0. The van der Waals surface area contributed by atoms with Gasteiger partial charge in [-0.1, -0.05) is 13.8 Å². The van der Waals surface area contributed by atoms with E-state index in [0.29, 0.717) is 19.0 Å². The van der Waals surface area contributed by atoms with Gasteiger partial charge in [0.1, 0.15) is 0 Å². The highest BCUT2D eigenvalue weighted by Gasteiger charge is 2.40. The Hall–Kier alpha value is -1.10. The van der Waals surface area contributed by atoms with E-state index >= 15 is 0 Å². The van der Waals surface area contributed by atoms with Crippen molar-refractivity contribution in [1.82, 2.24) is 10.2 Å². The molecule has 0 saturated carbocycles. The summed E-state index contributed by atoms with van der Waals surface area (Å²) in [5, 5.41) is 12.9. The van der Waals surface area contributed by atoms with Crippen LogP contribution in [0.15, 0.2) is 0 Å². The number of nitrogens with one attached hydrogen (secondary N) is 1. The maximum absolute atomic E-state index is 12.3. The van der Waals surface area contributed by atoms with Crippen LogP contribution in [0.25, 0.3) is 0 Å². The first-order chi connectivity index (χ1) is 8.94. The van der Waals surface area contributed by atoms with Crippen molar-refractivity contribution in [2.75, 3.05) is 13.1 Å². The Morgan fingerprint density at radius 1 is 1.40 bits per heavy atom. The van der Waals surface area contributed by atoms with Crippen LogP contribution < -0.4 is 5.32 Å². The summed E-state index contributed by atoms with van der Waals surface area (Å²) in [4.78, 5) is 25.9. The molecule has 1 saturated heterocycles. The Balaban J connectivity index is 2.65. The van der Waals surface area contributed by atoms with E-state index in [1.54, 1.807) is 32.6 Å². The van der Waals surface area contributed by atoms with Crippen LogP contribution in [0, 0.1) is 11.8 Å². The van der Waals surface area contributed by atoms with Gasteiger partial charge in [-0.3, -0.25) is 9.59 Å². The number of nitrogens with zero attached hydrogens (tertiary/aromatic N) is 1. The zero-order valence-electron chi connectivity index (χ0n) is 13.5. The van der Waals surface area contributed by atoms with Crippen LogP contribution in [0.1, 0.15) is 48.0 Å². The molecule has 1 unspecified atom stereocenters. The topological polar surface area (TPSA) is 69.6 Å². The van der Waals surface area contributed by atoms with Crippen molar-refractivity contribution in [3.8, 4) is 0 Å². The summed E-state index contributed by atoms with van der Waals surface area (Å²) in [5.41, 5.74) is -1.76. The summed E-state index contributed by atoms with van der Waals surface area (Å²) in [6.45, 7) is 12.2. The molecule has 0 aliphatic carbocycles. The molecule has 2 amide bonds. The second-order valence-corrected chi connectivity index (χ2v) is 7.27. The third kappa shape index (κ3) is 3.95. The maximum Gasteiger partial charge on any atom is 0.225 e. The zero-order chi connectivity index (χ0) is 15.7. The number of hydrogen-bond donors (Lipinski definition) is 2. The second kappa shape index (κ2) is 5.72. The van der Waals surface area contributed by atoms with E-state index < -0.39 is 11.1 Å². The van der Waals surface area contributed by atoms with Gasteiger partial charge in [0.05, 0.1) is 17.1 Å². The Bertz CT molecular complexity index is 383. The van der Waals surface area contributed by atoms with E-state index in [1.165, 1.54) is 0 Å². The molecule has 116 valence electrons. The van der Waals surface area contributed by atoms with Gasteiger partial charge in [-0.2, -0.15) is 0 Å². The molecule has 1 rings (SSSR count). The lowest BCUT2D eigenvalue weighted by molar-refractivity contribution is -0.131. The molecule has 1 heterocycles. The SMILES string of the molecule is CC(C)CN1CC(C(=O)NC(C)(C)C(C)(C)O)CC1=O. The summed E-state index contributed by atoms with van der Waals surface area (Å²) < 4.78 is 0. The van der Waals surface area contributed by atoms with Crippen molar-refractivity contribution in [1.29, 1.82) is 0 Å². The highest BCUT2D eigenvalue weighted by atomic mass is 16.3. The highest BCUT2D eigenvalue weighted by Crippen LogP contribution is 2.24. The molecular weight excluding hydrogens is 256 g/mol. The van der Waals surface area contributed by atoms with Crippen LogP contribution >= 0.6 is 0 Å². The molecule has 2 N–H and O–H groups in total. The molecule has 0 aromatic heterocycles. The largest absolute Gasteiger partial charge is 0.388 e. The normalized spacial score (nSPS) is 20.7. The summed E-state index contributed by atoms with van der Waals surface area (Å²) in [6, 6.07) is 0. The van der Waals surface area contributed by atoms with Crippen LogP contribution in [0.5, 0.6) is 0 Å². The van der Waals surface area contributed by atoms with Crippen molar-refractivity contribution in [2.24, 2.45) is 11.8 Å². The lowest BCUT2D eigenvalue weighted by atomic mass is 9.85. The standard InChI is InChI=1S/C15H28N2O3/c1-10(2)8-17-9-11(7-12(17)18)13(19)16-14(3,4)15(5,6)20/h10-11,20H,7-9H2,1-6H3,(H,16,19). The van der Waals surface area contributed by atoms with Gasteiger partial charge in [-0.05, 0) is 33.6 Å². The minimum atomic E-state index is -1.02. The van der Waals surface area contributed by atoms with E-state index in [9.17, 15) is 14.7 Å². The van der Waals surface area contributed by atoms with Crippen molar-refractivity contribution < 1.29 is 14.7 Å². The summed E-state index contributed by atoms with van der Waals surface area (Å²) in [6.07, 6.45) is 0.264. The van der Waals surface area contributed by atoms with Gasteiger partial charge in [-0.25, -0.2) is 0 Å². The predicted octanol–water partition coefficient (Wildman–Crippen LogP) is 1.16. The smallest absolute Gasteiger partial charge is 0.225 e. The molecule has 0 aromatic carbocycles. The lowest BCUT2D eigenvalue weighted by Gasteiger charge is -2.38. The molecule has 5 nitrogen and oxygen atoms in total. The quantitative estimate of drug-likeness (QED) is 0.796. The molecule has 1 atom stereocenters. The molecule has 1 fully saturated rings. The van der Waals surface area contributed by atoms with Crippen molar-refractivity contribution >= 4 is 11.8 Å². The summed E-state index contributed by atoms with van der Waals surface area (Å²) in [5.74, 6) is -0.0342. The molecule has 0 spiro atoms. The maximum atomic E-state index is 12.3. The van der Waals surface area contributed by atoms with Gasteiger partial charge >= 0.3 is 0 Å². The fraction of sp³-hybridized carbons (Fsp3) is 0.867. The van der Waals surface area contributed by atoms with E-state index in [1.807, 2.05) is 0 Å². The molecular formula is C15H28N2O3. The number of likely N-dealkylation sites (tertiary alicyclic amines) is 1. The van der Waals surface area contributed by atoms with E-state index in [2.05, 4.69) is 19.2 Å². The fourth-order valence-electron chi connectivity index (χ4n) is 2.13. The van der Waals surface area contributed by atoms with Crippen LogP contribution in [-0.4, -0.2) is 46.1 Å². The lowest BCUT2D eigenvalue weighted by Crippen LogP contribution is -2.59. The van der Waals surface area contributed by atoms with Gasteiger partial charge in [0.2, 0.25) is 11.8 Å². The fourth-order valence-corrected chi connectivity index (χ4v) is 2.13. The minimum Gasteiger partial charge on any atom is -0.388 e. The molecule has 1 aliphatic rings. The molecule has 5 heteroatoms. The van der Waals surface area contributed by atoms with Crippen molar-refractivity contribution in [3.63, 3.8) is 0 Å². The van der Waals surface area contributed by atoms with Gasteiger partial charge in [0, 0.05) is 19.5 Å². The molecule has 0 bridgehead atoms. The van der Waals surface area contributed by atoms with E-state index in [-0.39, 0.29) is 24.2 Å². The van der Waals surface area contributed by atoms with Crippen LogP contribution in [0.2, 0.25) is 0 Å². The Labute approximate surface area is 121 Å². The summed E-state index contributed by atoms with van der Waals surface area (Å²) >= 11 is 0. The van der Waals surface area contributed by atoms with Crippen molar-refractivity contribution in [3.05, 3.63) is 0 Å². The van der Waals surface area contributed by atoms with Gasteiger partial charge in [-0.15, -0.1) is 0 Å². The number of hydrogen-bond acceptors (Lipinski definition) is 3. The monoisotopic (exact) mass is 284 g/mol. The Morgan fingerprint density at radius 3 is 2.40 bits per heavy atom. The molecule has 20 heavy (non-hydrogen) atoms. The second-order valence-electron chi connectivity index (χ2n) is 7.27.